The molecule has 0 unspecified atom stereocenters. The maximum atomic E-state index is 5.94. The third-order valence-electron chi connectivity index (χ3n) is 3.46. The fourth-order valence-electron chi connectivity index (χ4n) is 2.46. The van der Waals surface area contributed by atoms with Crippen molar-refractivity contribution in [2.24, 2.45) is 10.8 Å². The number of aromatic nitrogens is 1. The Kier molecular flexibility index (Phi) is 4.60. The van der Waals surface area contributed by atoms with Crippen LogP contribution >= 0.6 is 23.8 Å². The van der Waals surface area contributed by atoms with E-state index in [0.717, 1.165) is 28.0 Å². The van der Waals surface area contributed by atoms with Gasteiger partial charge in [-0.3, -0.25) is 5.43 Å². The van der Waals surface area contributed by atoms with Crippen LogP contribution in [-0.2, 0) is 6.54 Å². The molecule has 0 aliphatic carbocycles. The molecular weight excluding hydrogens is 328 g/mol. The molecule has 0 aliphatic heterocycles. The number of nitrogens with one attached hydrogen (secondary N) is 1. The second kappa shape index (κ2) is 6.81. The van der Waals surface area contributed by atoms with Crippen LogP contribution in [0.15, 0.2) is 59.8 Å². The van der Waals surface area contributed by atoms with Crippen LogP contribution in [0, 0.1) is 0 Å². The lowest BCUT2D eigenvalue weighted by Crippen LogP contribution is -2.23. The fraction of sp³-hybridized carbons (Fsp3) is 0.0588. The van der Waals surface area contributed by atoms with E-state index in [4.69, 9.17) is 29.6 Å². The number of hydrogen-bond donors (Lipinski definition) is 2. The Morgan fingerprint density at radius 1 is 1.22 bits per heavy atom. The third-order valence-corrected chi connectivity index (χ3v) is 3.81. The summed E-state index contributed by atoms with van der Waals surface area (Å²) >= 11 is 10.7. The maximum absolute atomic E-state index is 5.94. The van der Waals surface area contributed by atoms with E-state index in [1.54, 1.807) is 6.21 Å². The number of rotatable bonds is 4. The third kappa shape index (κ3) is 3.70. The Bertz CT molecular complexity index is 868. The zero-order valence-corrected chi connectivity index (χ0v) is 13.8. The second-order valence-corrected chi connectivity index (χ2v) is 5.97. The minimum Gasteiger partial charge on any atom is -0.375 e. The zero-order chi connectivity index (χ0) is 16.2. The van der Waals surface area contributed by atoms with E-state index in [-0.39, 0.29) is 5.11 Å². The average molecular weight is 343 g/mol. The summed E-state index contributed by atoms with van der Waals surface area (Å²) in [4.78, 5) is 0. The van der Waals surface area contributed by atoms with Gasteiger partial charge in [-0.2, -0.15) is 5.10 Å². The minimum atomic E-state index is 0.145. The lowest BCUT2D eigenvalue weighted by Gasteiger charge is -2.05. The Morgan fingerprint density at radius 3 is 2.70 bits per heavy atom. The highest BCUT2D eigenvalue weighted by Crippen LogP contribution is 2.21. The first-order valence-electron chi connectivity index (χ1n) is 7.04. The van der Waals surface area contributed by atoms with Crippen molar-refractivity contribution in [1.29, 1.82) is 0 Å². The van der Waals surface area contributed by atoms with Crippen LogP contribution < -0.4 is 11.2 Å². The van der Waals surface area contributed by atoms with Crippen molar-refractivity contribution in [1.82, 2.24) is 9.99 Å². The summed E-state index contributed by atoms with van der Waals surface area (Å²) in [5.74, 6) is 0. The van der Waals surface area contributed by atoms with Gasteiger partial charge in [-0.05, 0) is 36.0 Å². The van der Waals surface area contributed by atoms with Crippen molar-refractivity contribution in [2.45, 2.75) is 6.54 Å². The smallest absolute Gasteiger partial charge is 0.184 e. The average Bonchev–Trinajstić information content (AvgIpc) is 2.88. The van der Waals surface area contributed by atoms with Crippen molar-refractivity contribution in [3.05, 3.63) is 70.9 Å². The normalized spacial score (nSPS) is 11.2. The molecule has 0 spiro atoms. The van der Waals surface area contributed by atoms with Gasteiger partial charge < -0.3 is 10.3 Å². The number of nitrogens with two attached hydrogens (primary N) is 1. The van der Waals surface area contributed by atoms with E-state index in [1.807, 2.05) is 36.4 Å². The van der Waals surface area contributed by atoms with Crippen molar-refractivity contribution < 1.29 is 0 Å². The van der Waals surface area contributed by atoms with Crippen molar-refractivity contribution in [3.63, 3.8) is 0 Å². The first-order chi connectivity index (χ1) is 11.1. The van der Waals surface area contributed by atoms with E-state index in [1.165, 1.54) is 5.56 Å². The first kappa shape index (κ1) is 15.5. The first-order valence-corrected chi connectivity index (χ1v) is 7.83. The van der Waals surface area contributed by atoms with Crippen molar-refractivity contribution >= 4 is 46.0 Å². The van der Waals surface area contributed by atoms with Gasteiger partial charge in [0, 0.05) is 34.2 Å². The molecular formula is C17H15ClN4S. The molecule has 0 saturated heterocycles. The molecule has 3 rings (SSSR count). The number of fused-ring (bicyclic) bond motifs is 1. The van der Waals surface area contributed by atoms with Gasteiger partial charge in [0.2, 0.25) is 0 Å². The fourth-order valence-corrected chi connectivity index (χ4v) is 2.64. The predicted molar refractivity (Wildman–Crippen MR) is 100 cm³/mol. The van der Waals surface area contributed by atoms with Crippen molar-refractivity contribution in [2.75, 3.05) is 0 Å². The summed E-state index contributed by atoms with van der Waals surface area (Å²) in [7, 11) is 0. The molecule has 0 aliphatic rings. The molecule has 0 atom stereocenters. The summed E-state index contributed by atoms with van der Waals surface area (Å²) < 4.78 is 2.18. The lowest BCUT2D eigenvalue weighted by molar-refractivity contribution is 0.836. The topological polar surface area (TPSA) is 55.3 Å². The number of halogens is 1. The highest BCUT2D eigenvalue weighted by molar-refractivity contribution is 7.80. The van der Waals surface area contributed by atoms with E-state index in [2.05, 4.69) is 33.4 Å². The Hall–Kier alpha value is -2.37. The largest absolute Gasteiger partial charge is 0.375 e. The van der Waals surface area contributed by atoms with Crippen LogP contribution in [0.5, 0.6) is 0 Å². The molecule has 0 amide bonds. The van der Waals surface area contributed by atoms with E-state index >= 15 is 0 Å². The van der Waals surface area contributed by atoms with E-state index in [0.29, 0.717) is 0 Å². The van der Waals surface area contributed by atoms with E-state index in [9.17, 15) is 0 Å². The molecule has 2 aromatic carbocycles. The van der Waals surface area contributed by atoms with Crippen LogP contribution in [0.2, 0.25) is 5.02 Å². The van der Waals surface area contributed by atoms with Gasteiger partial charge in [-0.1, -0.05) is 41.9 Å². The molecule has 1 heterocycles. The summed E-state index contributed by atoms with van der Waals surface area (Å²) in [6, 6.07) is 16.0. The number of hydrogen-bond acceptors (Lipinski definition) is 2. The summed E-state index contributed by atoms with van der Waals surface area (Å²) in [5, 5.41) is 6.05. The number of para-hydroxylation sites is 1. The van der Waals surface area contributed by atoms with Gasteiger partial charge in [-0.25, -0.2) is 0 Å². The molecule has 116 valence electrons. The lowest BCUT2D eigenvalue weighted by atomic mass is 10.2. The number of thiocarbonyl (C=S) groups is 1. The quantitative estimate of drug-likeness (QED) is 0.433. The molecule has 0 radical (unpaired) electrons. The summed E-state index contributed by atoms with van der Waals surface area (Å²) in [5.41, 5.74) is 11.3. The molecule has 0 fully saturated rings. The minimum absolute atomic E-state index is 0.145. The van der Waals surface area contributed by atoms with Gasteiger partial charge in [0.05, 0.1) is 6.21 Å². The molecule has 0 bridgehead atoms. The van der Waals surface area contributed by atoms with E-state index < -0.39 is 0 Å². The van der Waals surface area contributed by atoms with Gasteiger partial charge in [0.15, 0.2) is 5.11 Å². The highest BCUT2D eigenvalue weighted by Gasteiger charge is 2.07. The monoisotopic (exact) mass is 342 g/mol. The Morgan fingerprint density at radius 2 is 1.96 bits per heavy atom. The summed E-state index contributed by atoms with van der Waals surface area (Å²) in [6.07, 6.45) is 3.78. The Balaban J connectivity index is 1.95. The zero-order valence-electron chi connectivity index (χ0n) is 12.2. The number of hydrazone groups is 1. The molecule has 23 heavy (non-hydrogen) atoms. The molecule has 0 saturated carbocycles. The van der Waals surface area contributed by atoms with Gasteiger partial charge in [-0.15, -0.1) is 0 Å². The predicted octanol–water partition coefficient (Wildman–Crippen LogP) is 3.51. The van der Waals surface area contributed by atoms with Gasteiger partial charge >= 0.3 is 0 Å². The number of nitrogens with zero attached hydrogens (tertiary/aromatic N) is 2. The molecule has 6 heteroatoms. The second-order valence-electron chi connectivity index (χ2n) is 5.09. The van der Waals surface area contributed by atoms with Gasteiger partial charge in [0.1, 0.15) is 0 Å². The summed E-state index contributed by atoms with van der Waals surface area (Å²) in [6.45, 7) is 0.758. The molecule has 3 N–H and O–H groups in total. The van der Waals surface area contributed by atoms with Crippen LogP contribution in [0.3, 0.4) is 0 Å². The SMILES string of the molecule is NC(=S)N/N=C\c1cn(Cc2ccc(Cl)cc2)c2ccccc12. The van der Waals surface area contributed by atoms with Crippen molar-refractivity contribution in [3.8, 4) is 0 Å². The molecule has 3 aromatic rings. The van der Waals surface area contributed by atoms with Crippen LogP contribution in [-0.4, -0.2) is 15.9 Å². The molecule has 1 aromatic heterocycles. The van der Waals surface area contributed by atoms with Crippen LogP contribution in [0.25, 0.3) is 10.9 Å². The van der Waals surface area contributed by atoms with Gasteiger partial charge in [0.25, 0.3) is 0 Å². The van der Waals surface area contributed by atoms with Crippen LogP contribution in [0.1, 0.15) is 11.1 Å². The number of benzene rings is 2. The standard InChI is InChI=1S/C17H15ClN4S/c18-14-7-5-12(6-8-14)10-22-11-13(9-20-21-17(19)23)15-3-1-2-4-16(15)22/h1-9,11H,10H2,(H3,19,21,23)/b20-9-. The maximum Gasteiger partial charge on any atom is 0.184 e. The van der Waals surface area contributed by atoms with Crippen LogP contribution in [0.4, 0.5) is 0 Å². The molecule has 4 nitrogen and oxygen atoms in total. The highest BCUT2D eigenvalue weighted by atomic mass is 35.5. The Labute approximate surface area is 144 Å².